The summed E-state index contributed by atoms with van der Waals surface area (Å²) in [7, 11) is 0. The van der Waals surface area contributed by atoms with Crippen LogP contribution >= 0.6 is 0 Å². The zero-order chi connectivity index (χ0) is 19.3. The molecule has 146 valence electrons. The molecule has 8 heteroatoms. The van der Waals surface area contributed by atoms with Crippen LogP contribution in [0.1, 0.15) is 36.5 Å². The summed E-state index contributed by atoms with van der Waals surface area (Å²) in [6, 6.07) is 6.56. The molecule has 1 aromatic carbocycles. The van der Waals surface area contributed by atoms with Crippen molar-refractivity contribution < 1.29 is 28.6 Å². The number of hydrogen-bond acceptors (Lipinski definition) is 6. The fourth-order valence-electron chi connectivity index (χ4n) is 3.31. The summed E-state index contributed by atoms with van der Waals surface area (Å²) in [6.45, 7) is 4.09. The highest BCUT2D eigenvalue weighted by molar-refractivity contribution is 6.06. The Morgan fingerprint density at radius 3 is 2.48 bits per heavy atom. The number of nitrogens with zero attached hydrogens (tertiary/aromatic N) is 1. The van der Waals surface area contributed by atoms with Crippen LogP contribution in [0, 0.1) is 0 Å². The molecular formula is C19H24N2O6. The van der Waals surface area contributed by atoms with Gasteiger partial charge in [-0.3, -0.25) is 9.59 Å². The second-order valence-corrected chi connectivity index (χ2v) is 6.48. The molecular weight excluding hydrogens is 352 g/mol. The minimum atomic E-state index is -0.558. The van der Waals surface area contributed by atoms with Gasteiger partial charge >= 0.3 is 5.97 Å². The van der Waals surface area contributed by atoms with Crippen LogP contribution < -0.4 is 5.32 Å². The normalized spacial score (nSPS) is 18.3. The Morgan fingerprint density at radius 1 is 1.15 bits per heavy atom. The number of carbonyl (C=O) groups excluding carboxylic acids is 3. The number of likely N-dealkylation sites (tertiary alicyclic amines) is 1. The Balaban J connectivity index is 1.54. The quantitative estimate of drug-likeness (QED) is 0.619. The highest BCUT2D eigenvalue weighted by Crippen LogP contribution is 2.31. The van der Waals surface area contributed by atoms with Gasteiger partial charge in [-0.15, -0.1) is 0 Å². The van der Waals surface area contributed by atoms with Gasteiger partial charge in [0.05, 0.1) is 31.1 Å². The van der Waals surface area contributed by atoms with E-state index in [1.54, 1.807) is 36.1 Å². The lowest BCUT2D eigenvalue weighted by molar-refractivity contribution is -0.187. The van der Waals surface area contributed by atoms with Crippen molar-refractivity contribution in [2.24, 2.45) is 0 Å². The van der Waals surface area contributed by atoms with Crippen LogP contribution in [0.2, 0.25) is 0 Å². The zero-order valence-electron chi connectivity index (χ0n) is 15.4. The molecule has 2 aliphatic heterocycles. The Morgan fingerprint density at radius 2 is 1.81 bits per heavy atom. The largest absolute Gasteiger partial charge is 0.462 e. The summed E-state index contributed by atoms with van der Waals surface area (Å²) in [5.74, 6) is -1.80. The molecule has 0 saturated carbocycles. The second kappa shape index (κ2) is 8.49. The van der Waals surface area contributed by atoms with Gasteiger partial charge in [-0.25, -0.2) is 4.79 Å². The maximum absolute atomic E-state index is 12.4. The van der Waals surface area contributed by atoms with Gasteiger partial charge in [0.25, 0.3) is 0 Å². The fourth-order valence-corrected chi connectivity index (χ4v) is 3.31. The number of carbonyl (C=O) groups is 3. The first-order valence-electron chi connectivity index (χ1n) is 9.15. The average molecular weight is 376 g/mol. The summed E-state index contributed by atoms with van der Waals surface area (Å²) in [5, 5.41) is 2.63. The van der Waals surface area contributed by atoms with Crippen molar-refractivity contribution in [3.63, 3.8) is 0 Å². The van der Waals surface area contributed by atoms with Crippen LogP contribution in [0.4, 0.5) is 5.69 Å². The predicted octanol–water partition coefficient (Wildman–Crippen LogP) is 1.56. The topological polar surface area (TPSA) is 94.2 Å². The molecule has 3 rings (SSSR count). The van der Waals surface area contributed by atoms with E-state index < -0.39 is 17.7 Å². The monoisotopic (exact) mass is 376 g/mol. The molecule has 0 bridgehead atoms. The third kappa shape index (κ3) is 4.64. The Hall–Kier alpha value is -2.45. The standard InChI is InChI=1S/C19H24N2O6/c1-2-25-18(24)14-5-3-4-6-15(14)20-16(22)13-17(23)21-9-7-19(8-10-21)26-11-12-27-19/h3-6H,2,7-13H2,1H3,(H,20,22). The molecule has 2 saturated heterocycles. The second-order valence-electron chi connectivity index (χ2n) is 6.48. The molecule has 1 N–H and O–H groups in total. The SMILES string of the molecule is CCOC(=O)c1ccccc1NC(=O)CC(=O)N1CCC2(CC1)OCCO2. The fraction of sp³-hybridized carbons (Fsp3) is 0.526. The Bertz CT molecular complexity index is 704. The molecule has 0 radical (unpaired) electrons. The Kier molecular flexibility index (Phi) is 6.08. The van der Waals surface area contributed by atoms with E-state index in [1.807, 2.05) is 0 Å². The first kappa shape index (κ1) is 19.3. The van der Waals surface area contributed by atoms with Crippen molar-refractivity contribution in [3.8, 4) is 0 Å². The number of rotatable bonds is 5. The van der Waals surface area contributed by atoms with Gasteiger partial charge in [0.2, 0.25) is 11.8 Å². The number of esters is 1. The molecule has 2 fully saturated rings. The summed E-state index contributed by atoms with van der Waals surface area (Å²) in [5.41, 5.74) is 0.592. The van der Waals surface area contributed by atoms with Gasteiger partial charge in [0.15, 0.2) is 5.79 Å². The molecule has 0 aliphatic carbocycles. The molecule has 27 heavy (non-hydrogen) atoms. The predicted molar refractivity (Wildman–Crippen MR) is 96.1 cm³/mol. The van der Waals surface area contributed by atoms with Gasteiger partial charge in [-0.05, 0) is 19.1 Å². The lowest BCUT2D eigenvalue weighted by Gasteiger charge is -2.37. The summed E-state index contributed by atoms with van der Waals surface area (Å²) >= 11 is 0. The van der Waals surface area contributed by atoms with E-state index in [1.165, 1.54) is 0 Å². The number of piperidine rings is 1. The molecule has 1 spiro atoms. The number of para-hydroxylation sites is 1. The van der Waals surface area contributed by atoms with E-state index in [4.69, 9.17) is 14.2 Å². The number of hydrogen-bond donors (Lipinski definition) is 1. The molecule has 2 heterocycles. The van der Waals surface area contributed by atoms with Gasteiger partial charge in [0, 0.05) is 25.9 Å². The minimum Gasteiger partial charge on any atom is -0.462 e. The zero-order valence-corrected chi connectivity index (χ0v) is 15.4. The number of ether oxygens (including phenoxy) is 3. The van der Waals surface area contributed by atoms with Gasteiger partial charge < -0.3 is 24.4 Å². The summed E-state index contributed by atoms with van der Waals surface area (Å²) < 4.78 is 16.3. The van der Waals surface area contributed by atoms with Crippen molar-refractivity contribution >= 4 is 23.5 Å². The van der Waals surface area contributed by atoms with E-state index in [2.05, 4.69) is 5.32 Å². The number of anilines is 1. The summed E-state index contributed by atoms with van der Waals surface area (Å²) in [4.78, 5) is 38.3. The van der Waals surface area contributed by atoms with Crippen molar-refractivity contribution in [2.75, 3.05) is 38.2 Å². The van der Waals surface area contributed by atoms with E-state index >= 15 is 0 Å². The first-order chi connectivity index (χ1) is 13.0. The van der Waals surface area contributed by atoms with Crippen LogP contribution in [0.5, 0.6) is 0 Å². The number of benzene rings is 1. The number of amides is 2. The first-order valence-corrected chi connectivity index (χ1v) is 9.15. The Labute approximate surface area is 157 Å². The number of nitrogens with one attached hydrogen (secondary N) is 1. The smallest absolute Gasteiger partial charge is 0.340 e. The molecule has 8 nitrogen and oxygen atoms in total. The highest BCUT2D eigenvalue weighted by atomic mass is 16.7. The lowest BCUT2D eigenvalue weighted by Crippen LogP contribution is -2.47. The van der Waals surface area contributed by atoms with E-state index in [0.717, 1.165) is 0 Å². The van der Waals surface area contributed by atoms with Crippen molar-refractivity contribution in [3.05, 3.63) is 29.8 Å². The lowest BCUT2D eigenvalue weighted by atomic mass is 10.0. The van der Waals surface area contributed by atoms with E-state index in [9.17, 15) is 14.4 Å². The van der Waals surface area contributed by atoms with Crippen LogP contribution in [0.25, 0.3) is 0 Å². The van der Waals surface area contributed by atoms with Crippen LogP contribution in [0.3, 0.4) is 0 Å². The van der Waals surface area contributed by atoms with Crippen LogP contribution in [0.15, 0.2) is 24.3 Å². The summed E-state index contributed by atoms with van der Waals surface area (Å²) in [6.07, 6.45) is 0.921. The molecule has 0 atom stereocenters. The van der Waals surface area contributed by atoms with Gasteiger partial charge in [-0.1, -0.05) is 12.1 Å². The molecule has 2 aliphatic rings. The van der Waals surface area contributed by atoms with E-state index in [-0.39, 0.29) is 24.5 Å². The molecule has 1 aromatic rings. The van der Waals surface area contributed by atoms with Crippen molar-refractivity contribution in [2.45, 2.75) is 32.0 Å². The van der Waals surface area contributed by atoms with Crippen molar-refractivity contribution in [1.29, 1.82) is 0 Å². The van der Waals surface area contributed by atoms with Gasteiger partial charge in [-0.2, -0.15) is 0 Å². The van der Waals surface area contributed by atoms with Crippen LogP contribution in [-0.4, -0.2) is 61.4 Å². The molecule has 2 amide bonds. The van der Waals surface area contributed by atoms with Crippen molar-refractivity contribution in [1.82, 2.24) is 4.90 Å². The average Bonchev–Trinajstić information content (AvgIpc) is 3.10. The highest BCUT2D eigenvalue weighted by Gasteiger charge is 2.40. The molecule has 0 aromatic heterocycles. The maximum Gasteiger partial charge on any atom is 0.340 e. The van der Waals surface area contributed by atoms with Crippen LogP contribution in [-0.2, 0) is 23.8 Å². The minimum absolute atomic E-state index is 0.240. The maximum atomic E-state index is 12.4. The van der Waals surface area contributed by atoms with E-state index in [0.29, 0.717) is 44.8 Å². The molecule has 0 unspecified atom stereocenters. The third-order valence-electron chi connectivity index (χ3n) is 4.70. The third-order valence-corrected chi connectivity index (χ3v) is 4.70. The van der Waals surface area contributed by atoms with Gasteiger partial charge in [0.1, 0.15) is 6.42 Å².